The van der Waals surface area contributed by atoms with E-state index >= 15 is 0 Å². The third kappa shape index (κ3) is 1.68. The van der Waals surface area contributed by atoms with E-state index in [0.717, 1.165) is 11.3 Å². The number of hydrogen-bond donors (Lipinski definition) is 0. The standard InChI is InChI=1S/C10H10ClN3O/c1-7-4-3-5-8(6-7)14-9(11)12-13(2)10(14)15/h3-6H,1-2H3. The van der Waals surface area contributed by atoms with Crippen LogP contribution in [-0.2, 0) is 7.05 Å². The van der Waals surface area contributed by atoms with E-state index < -0.39 is 0 Å². The molecule has 1 aromatic carbocycles. The first-order valence-electron chi connectivity index (χ1n) is 4.48. The van der Waals surface area contributed by atoms with Crippen LogP contribution >= 0.6 is 11.6 Å². The molecule has 0 radical (unpaired) electrons. The first-order valence-corrected chi connectivity index (χ1v) is 4.86. The number of hydrogen-bond acceptors (Lipinski definition) is 2. The van der Waals surface area contributed by atoms with Gasteiger partial charge < -0.3 is 0 Å². The van der Waals surface area contributed by atoms with Crippen molar-refractivity contribution in [2.75, 3.05) is 0 Å². The Morgan fingerprint density at radius 1 is 1.40 bits per heavy atom. The Morgan fingerprint density at radius 3 is 2.67 bits per heavy atom. The Bertz CT molecular complexity index is 556. The van der Waals surface area contributed by atoms with Crippen molar-refractivity contribution < 1.29 is 0 Å². The molecule has 0 saturated heterocycles. The minimum Gasteiger partial charge on any atom is -0.246 e. The van der Waals surface area contributed by atoms with Crippen LogP contribution in [-0.4, -0.2) is 14.3 Å². The fraction of sp³-hybridized carbons (Fsp3) is 0.200. The van der Waals surface area contributed by atoms with E-state index in [0.29, 0.717) is 0 Å². The van der Waals surface area contributed by atoms with E-state index in [1.165, 1.54) is 9.25 Å². The lowest BCUT2D eigenvalue weighted by atomic mass is 10.2. The molecule has 5 heteroatoms. The van der Waals surface area contributed by atoms with Crippen molar-refractivity contribution in [2.45, 2.75) is 6.92 Å². The average Bonchev–Trinajstić information content (AvgIpc) is 2.41. The molecule has 78 valence electrons. The number of benzene rings is 1. The minimum absolute atomic E-state index is 0.174. The lowest BCUT2D eigenvalue weighted by molar-refractivity contribution is 0.726. The highest BCUT2D eigenvalue weighted by Gasteiger charge is 2.10. The summed E-state index contributed by atoms with van der Waals surface area (Å²) >= 11 is 5.87. The summed E-state index contributed by atoms with van der Waals surface area (Å²) in [5, 5.41) is 4.02. The van der Waals surface area contributed by atoms with Gasteiger partial charge in [-0.3, -0.25) is 0 Å². The Morgan fingerprint density at radius 2 is 2.13 bits per heavy atom. The molecule has 4 nitrogen and oxygen atoms in total. The molecule has 0 aliphatic rings. The van der Waals surface area contributed by atoms with Crippen LogP contribution in [0.15, 0.2) is 29.1 Å². The predicted molar refractivity (Wildman–Crippen MR) is 58.6 cm³/mol. The summed E-state index contributed by atoms with van der Waals surface area (Å²) in [4.78, 5) is 11.7. The van der Waals surface area contributed by atoms with E-state index in [1.807, 2.05) is 31.2 Å². The maximum Gasteiger partial charge on any atom is 0.351 e. The normalized spacial score (nSPS) is 10.6. The fourth-order valence-corrected chi connectivity index (χ4v) is 1.70. The lowest BCUT2D eigenvalue weighted by Crippen LogP contribution is -2.21. The lowest BCUT2D eigenvalue weighted by Gasteiger charge is -2.01. The van der Waals surface area contributed by atoms with E-state index in [-0.39, 0.29) is 11.0 Å². The summed E-state index contributed by atoms with van der Waals surface area (Å²) in [7, 11) is 1.57. The van der Waals surface area contributed by atoms with Crippen molar-refractivity contribution in [2.24, 2.45) is 7.05 Å². The Kier molecular flexibility index (Phi) is 2.36. The number of nitrogens with zero attached hydrogens (tertiary/aromatic N) is 3. The Balaban J connectivity index is 2.69. The number of halogens is 1. The number of aryl methyl sites for hydroxylation is 2. The van der Waals surface area contributed by atoms with Gasteiger partial charge in [-0.1, -0.05) is 12.1 Å². The second-order valence-electron chi connectivity index (χ2n) is 3.35. The van der Waals surface area contributed by atoms with Crippen molar-refractivity contribution in [3.05, 3.63) is 45.6 Å². The van der Waals surface area contributed by atoms with Crippen LogP contribution < -0.4 is 5.69 Å². The summed E-state index contributed by atoms with van der Waals surface area (Å²) in [6, 6.07) is 7.54. The molecule has 0 amide bonds. The molecular weight excluding hydrogens is 214 g/mol. The van der Waals surface area contributed by atoms with Crippen LogP contribution in [0.3, 0.4) is 0 Å². The van der Waals surface area contributed by atoms with Crippen LogP contribution in [0.1, 0.15) is 5.56 Å². The van der Waals surface area contributed by atoms with Crippen molar-refractivity contribution in [1.82, 2.24) is 14.3 Å². The molecule has 0 N–H and O–H groups in total. The summed E-state index contributed by atoms with van der Waals surface area (Å²) in [5.41, 5.74) is 1.56. The molecule has 2 aromatic rings. The van der Waals surface area contributed by atoms with Crippen molar-refractivity contribution in [3.63, 3.8) is 0 Å². The molecule has 0 unspecified atom stereocenters. The van der Waals surface area contributed by atoms with Gasteiger partial charge in [0.1, 0.15) is 0 Å². The zero-order valence-corrected chi connectivity index (χ0v) is 9.19. The Labute approximate surface area is 91.7 Å². The third-order valence-corrected chi connectivity index (χ3v) is 2.39. The zero-order valence-electron chi connectivity index (χ0n) is 8.44. The van der Waals surface area contributed by atoms with Gasteiger partial charge in [0.15, 0.2) is 0 Å². The van der Waals surface area contributed by atoms with Crippen molar-refractivity contribution in [1.29, 1.82) is 0 Å². The van der Waals surface area contributed by atoms with Crippen LogP contribution in [0.5, 0.6) is 0 Å². The molecule has 0 spiro atoms. The average molecular weight is 224 g/mol. The van der Waals surface area contributed by atoms with Gasteiger partial charge >= 0.3 is 5.69 Å². The molecule has 0 aliphatic heterocycles. The first-order chi connectivity index (χ1) is 7.09. The van der Waals surface area contributed by atoms with Gasteiger partial charge in [-0.2, -0.15) is 0 Å². The van der Waals surface area contributed by atoms with Gasteiger partial charge in [-0.15, -0.1) is 5.10 Å². The Hall–Kier alpha value is -1.55. The van der Waals surface area contributed by atoms with Gasteiger partial charge in [0.05, 0.1) is 5.69 Å². The topological polar surface area (TPSA) is 39.8 Å². The summed E-state index contributed by atoms with van der Waals surface area (Å²) < 4.78 is 2.58. The highest BCUT2D eigenvalue weighted by molar-refractivity contribution is 6.28. The third-order valence-electron chi connectivity index (χ3n) is 2.15. The summed E-state index contributed by atoms with van der Waals surface area (Å²) in [5.74, 6) is 0. The second kappa shape index (κ2) is 3.55. The molecule has 0 bridgehead atoms. The largest absolute Gasteiger partial charge is 0.351 e. The summed E-state index contributed by atoms with van der Waals surface area (Å²) in [6.45, 7) is 1.96. The number of rotatable bonds is 1. The van der Waals surface area contributed by atoms with Crippen LogP contribution in [0.25, 0.3) is 5.69 Å². The highest BCUT2D eigenvalue weighted by atomic mass is 35.5. The molecule has 0 aliphatic carbocycles. The van der Waals surface area contributed by atoms with Crippen molar-refractivity contribution >= 4 is 11.6 Å². The van der Waals surface area contributed by atoms with Crippen LogP contribution in [0.4, 0.5) is 0 Å². The molecule has 1 aromatic heterocycles. The first kappa shape index (κ1) is 9.98. The molecule has 15 heavy (non-hydrogen) atoms. The maximum absolute atomic E-state index is 11.7. The quantitative estimate of drug-likeness (QED) is 0.736. The van der Waals surface area contributed by atoms with Gasteiger partial charge in [-0.05, 0) is 36.2 Å². The van der Waals surface area contributed by atoms with Gasteiger partial charge in [0, 0.05) is 7.05 Å². The van der Waals surface area contributed by atoms with E-state index in [2.05, 4.69) is 5.10 Å². The van der Waals surface area contributed by atoms with E-state index in [9.17, 15) is 4.79 Å². The van der Waals surface area contributed by atoms with Crippen LogP contribution in [0, 0.1) is 6.92 Å². The molecule has 0 saturated carbocycles. The van der Waals surface area contributed by atoms with E-state index in [4.69, 9.17) is 11.6 Å². The maximum atomic E-state index is 11.7. The number of aromatic nitrogens is 3. The monoisotopic (exact) mass is 223 g/mol. The second-order valence-corrected chi connectivity index (χ2v) is 3.69. The van der Waals surface area contributed by atoms with Crippen molar-refractivity contribution in [3.8, 4) is 5.69 Å². The predicted octanol–water partition coefficient (Wildman–Crippen LogP) is 1.53. The minimum atomic E-state index is -0.245. The van der Waals surface area contributed by atoms with Gasteiger partial charge in [-0.25, -0.2) is 14.0 Å². The molecule has 0 fully saturated rings. The summed E-state index contributed by atoms with van der Waals surface area (Å²) in [6.07, 6.45) is 0. The zero-order chi connectivity index (χ0) is 11.0. The van der Waals surface area contributed by atoms with Crippen LogP contribution in [0.2, 0.25) is 5.28 Å². The fourth-order valence-electron chi connectivity index (χ4n) is 1.42. The highest BCUT2D eigenvalue weighted by Crippen LogP contribution is 2.12. The molecular formula is C10H10ClN3O. The molecule has 0 atom stereocenters. The molecule has 1 heterocycles. The smallest absolute Gasteiger partial charge is 0.246 e. The SMILES string of the molecule is Cc1cccc(-n2c(Cl)nn(C)c2=O)c1. The van der Waals surface area contributed by atoms with Gasteiger partial charge in [0.2, 0.25) is 5.28 Å². The van der Waals surface area contributed by atoms with Gasteiger partial charge in [0.25, 0.3) is 0 Å². The van der Waals surface area contributed by atoms with E-state index in [1.54, 1.807) is 7.05 Å². The molecule has 2 rings (SSSR count).